The van der Waals surface area contributed by atoms with Crippen LogP contribution < -0.4 is 9.47 Å². The van der Waals surface area contributed by atoms with E-state index in [4.69, 9.17) is 9.47 Å². The predicted octanol–water partition coefficient (Wildman–Crippen LogP) is 4.45. The van der Waals surface area contributed by atoms with Gasteiger partial charge in [-0.2, -0.15) is 0 Å². The van der Waals surface area contributed by atoms with Crippen LogP contribution in [-0.4, -0.2) is 12.6 Å². The molecule has 0 fully saturated rings. The summed E-state index contributed by atoms with van der Waals surface area (Å²) in [6.45, 7) is 1.97. The van der Waals surface area contributed by atoms with E-state index in [0.717, 1.165) is 20.7 Å². The van der Waals surface area contributed by atoms with Crippen LogP contribution in [0.5, 0.6) is 11.5 Å². The topological polar surface area (TPSA) is 35.5 Å². The van der Waals surface area contributed by atoms with E-state index in [2.05, 4.69) is 0 Å². The minimum atomic E-state index is -0.297. The summed E-state index contributed by atoms with van der Waals surface area (Å²) in [6.07, 6.45) is 0.705. The number of carbonyl (C=O) groups excluding carboxylic acids is 1. The van der Waals surface area contributed by atoms with Crippen molar-refractivity contribution in [2.75, 3.05) is 6.61 Å². The van der Waals surface area contributed by atoms with Crippen molar-refractivity contribution >= 4 is 27.4 Å². The van der Waals surface area contributed by atoms with Gasteiger partial charge < -0.3 is 9.47 Å². The highest BCUT2D eigenvalue weighted by atomic mass is 32.1. The zero-order chi connectivity index (χ0) is 15.4. The number of fused-ring (bicyclic) bond motifs is 1. The third-order valence-electron chi connectivity index (χ3n) is 3.20. The van der Waals surface area contributed by atoms with E-state index in [0.29, 0.717) is 18.8 Å². The van der Waals surface area contributed by atoms with Crippen LogP contribution in [0.2, 0.25) is 0 Å². The Morgan fingerprint density at radius 2 is 1.77 bits per heavy atom. The average molecular weight is 312 g/mol. The number of esters is 1. The van der Waals surface area contributed by atoms with E-state index >= 15 is 0 Å². The Balaban J connectivity index is 1.78. The van der Waals surface area contributed by atoms with Crippen LogP contribution >= 0.6 is 11.3 Å². The van der Waals surface area contributed by atoms with Crippen molar-refractivity contribution in [3.8, 4) is 11.5 Å². The first-order valence-electron chi connectivity index (χ1n) is 7.11. The van der Waals surface area contributed by atoms with Gasteiger partial charge in [0.05, 0.1) is 11.5 Å². The molecule has 1 heterocycles. The molecular formula is C18H16O3S. The van der Waals surface area contributed by atoms with Gasteiger partial charge >= 0.3 is 5.97 Å². The van der Waals surface area contributed by atoms with Gasteiger partial charge in [-0.1, -0.05) is 30.3 Å². The molecule has 2 aromatic carbocycles. The molecular weight excluding hydrogens is 296 g/mol. The van der Waals surface area contributed by atoms with Crippen molar-refractivity contribution in [3.05, 3.63) is 59.5 Å². The highest BCUT2D eigenvalue weighted by Crippen LogP contribution is 2.38. The Morgan fingerprint density at radius 1 is 1.05 bits per heavy atom. The molecule has 0 atom stereocenters. The molecule has 0 aliphatic heterocycles. The van der Waals surface area contributed by atoms with Crippen molar-refractivity contribution in [3.63, 3.8) is 0 Å². The Bertz CT molecular complexity index is 777. The molecule has 0 aliphatic rings. The zero-order valence-electron chi connectivity index (χ0n) is 12.2. The molecule has 3 aromatic rings. The van der Waals surface area contributed by atoms with E-state index in [9.17, 15) is 4.79 Å². The maximum atomic E-state index is 11.4. The second-order valence-corrected chi connectivity index (χ2v) is 5.99. The summed E-state index contributed by atoms with van der Waals surface area (Å²) in [6, 6.07) is 17.7. The summed E-state index contributed by atoms with van der Waals surface area (Å²) in [5, 5.41) is 0.984. The van der Waals surface area contributed by atoms with Crippen LogP contribution in [-0.2, 0) is 11.2 Å². The monoisotopic (exact) mass is 312 g/mol. The number of thiophene rings is 1. The molecule has 0 saturated carbocycles. The van der Waals surface area contributed by atoms with Crippen molar-refractivity contribution in [1.29, 1.82) is 0 Å². The molecule has 0 unspecified atom stereocenters. The van der Waals surface area contributed by atoms with Crippen molar-refractivity contribution in [2.24, 2.45) is 0 Å². The van der Waals surface area contributed by atoms with Crippen LogP contribution in [0.3, 0.4) is 0 Å². The van der Waals surface area contributed by atoms with Crippen LogP contribution in [0.25, 0.3) is 10.1 Å². The lowest BCUT2D eigenvalue weighted by Crippen LogP contribution is -2.05. The molecule has 4 heteroatoms. The highest BCUT2D eigenvalue weighted by molar-refractivity contribution is 7.19. The largest absolute Gasteiger partial charge is 0.493 e. The van der Waals surface area contributed by atoms with E-state index < -0.39 is 0 Å². The van der Waals surface area contributed by atoms with Crippen LogP contribution in [0.1, 0.15) is 11.8 Å². The van der Waals surface area contributed by atoms with Gasteiger partial charge in [-0.3, -0.25) is 4.79 Å². The summed E-state index contributed by atoms with van der Waals surface area (Å²) < 4.78 is 12.3. The third-order valence-corrected chi connectivity index (χ3v) is 4.42. The lowest BCUT2D eigenvalue weighted by atomic mass is 10.2. The lowest BCUT2D eigenvalue weighted by Gasteiger charge is -2.07. The number of carbonyl (C=O) groups is 1. The first-order chi connectivity index (χ1) is 10.7. The van der Waals surface area contributed by atoms with Gasteiger partial charge in [-0.25, -0.2) is 0 Å². The Kier molecular flexibility index (Phi) is 4.39. The van der Waals surface area contributed by atoms with Crippen molar-refractivity contribution in [1.82, 2.24) is 0 Å². The number of hydrogen-bond acceptors (Lipinski definition) is 4. The molecule has 3 rings (SSSR count). The molecule has 1 aromatic heterocycles. The fraction of sp³-hybridized carbons (Fsp3) is 0.167. The maximum absolute atomic E-state index is 11.4. The maximum Gasteiger partial charge on any atom is 0.308 e. The fourth-order valence-corrected chi connectivity index (χ4v) is 3.38. The van der Waals surface area contributed by atoms with Crippen molar-refractivity contribution in [2.45, 2.75) is 13.3 Å². The fourth-order valence-electron chi connectivity index (χ4n) is 2.27. The predicted molar refractivity (Wildman–Crippen MR) is 88.8 cm³/mol. The van der Waals surface area contributed by atoms with E-state index in [1.807, 2.05) is 54.6 Å². The SMILES string of the molecule is CC(=O)Oc1c(CCOc2ccccc2)sc2ccccc12. The van der Waals surface area contributed by atoms with Gasteiger partial charge in [0, 0.05) is 23.4 Å². The summed E-state index contributed by atoms with van der Waals surface area (Å²) in [5.74, 6) is 1.22. The van der Waals surface area contributed by atoms with Crippen molar-refractivity contribution < 1.29 is 14.3 Å². The Morgan fingerprint density at radius 3 is 2.55 bits per heavy atom. The van der Waals surface area contributed by atoms with Gasteiger partial charge in [0.25, 0.3) is 0 Å². The molecule has 0 radical (unpaired) electrons. The van der Waals surface area contributed by atoms with Crippen LogP contribution in [0.15, 0.2) is 54.6 Å². The molecule has 0 spiro atoms. The first-order valence-corrected chi connectivity index (χ1v) is 7.92. The van der Waals surface area contributed by atoms with Crippen LogP contribution in [0, 0.1) is 0 Å². The highest BCUT2D eigenvalue weighted by Gasteiger charge is 2.15. The van der Waals surface area contributed by atoms with E-state index in [-0.39, 0.29) is 5.97 Å². The van der Waals surface area contributed by atoms with E-state index in [1.165, 1.54) is 6.92 Å². The standard InChI is InChI=1S/C18H16O3S/c1-13(19)21-18-15-9-5-6-10-16(15)22-17(18)11-12-20-14-7-3-2-4-8-14/h2-10H,11-12H2,1H3. The number of benzene rings is 2. The molecule has 0 bridgehead atoms. The average Bonchev–Trinajstić information content (AvgIpc) is 2.86. The molecule has 0 aliphatic carbocycles. The summed E-state index contributed by atoms with van der Waals surface area (Å²) in [7, 11) is 0. The lowest BCUT2D eigenvalue weighted by molar-refractivity contribution is -0.131. The summed E-state index contributed by atoms with van der Waals surface area (Å²) in [5.41, 5.74) is 0. The minimum absolute atomic E-state index is 0.297. The number of hydrogen-bond donors (Lipinski definition) is 0. The van der Waals surface area contributed by atoms with Gasteiger partial charge in [0.15, 0.2) is 5.75 Å². The number of ether oxygens (including phenoxy) is 2. The second kappa shape index (κ2) is 6.62. The quantitative estimate of drug-likeness (QED) is 0.653. The van der Waals surface area contributed by atoms with Gasteiger partial charge in [-0.15, -0.1) is 11.3 Å². The smallest absolute Gasteiger partial charge is 0.308 e. The summed E-state index contributed by atoms with van der Waals surface area (Å²) >= 11 is 1.64. The molecule has 0 N–H and O–H groups in total. The third kappa shape index (κ3) is 3.28. The molecule has 3 nitrogen and oxygen atoms in total. The van der Waals surface area contributed by atoms with E-state index in [1.54, 1.807) is 11.3 Å². The minimum Gasteiger partial charge on any atom is -0.493 e. The second-order valence-electron chi connectivity index (χ2n) is 4.86. The first kappa shape index (κ1) is 14.6. The van der Waals surface area contributed by atoms with Gasteiger partial charge in [0.2, 0.25) is 0 Å². The molecule has 22 heavy (non-hydrogen) atoms. The Labute approximate surface area is 133 Å². The number of para-hydroxylation sites is 1. The molecule has 0 amide bonds. The zero-order valence-corrected chi connectivity index (χ0v) is 13.1. The van der Waals surface area contributed by atoms with Crippen LogP contribution in [0.4, 0.5) is 0 Å². The van der Waals surface area contributed by atoms with Gasteiger partial charge in [0.1, 0.15) is 5.75 Å². The molecule has 0 saturated heterocycles. The number of rotatable bonds is 5. The van der Waals surface area contributed by atoms with Gasteiger partial charge in [-0.05, 0) is 24.3 Å². The molecule has 112 valence electrons. The normalized spacial score (nSPS) is 10.6. The Hall–Kier alpha value is -2.33. The summed E-state index contributed by atoms with van der Waals surface area (Å²) in [4.78, 5) is 12.4.